The Labute approximate surface area is 190 Å². The standard InChI is InChI=1S/C24H31N5O2Si/c1-18-26-23(28-8-10-30-11-9-28)22-21(20-7-5-6-19(14-20)15-25)16-29(24(22)27-18)17-31-12-13-32(2,3)4/h5-7,14,16H,8-13,17H2,1-4H3. The molecule has 0 unspecified atom stereocenters. The molecular weight excluding hydrogens is 418 g/mol. The summed E-state index contributed by atoms with van der Waals surface area (Å²) in [6.45, 7) is 13.1. The normalized spacial score (nSPS) is 14.7. The van der Waals surface area contributed by atoms with Gasteiger partial charge in [0.15, 0.2) is 0 Å². The fourth-order valence-corrected chi connectivity index (χ4v) is 4.65. The van der Waals surface area contributed by atoms with Crippen molar-refractivity contribution in [2.24, 2.45) is 0 Å². The van der Waals surface area contributed by atoms with Crippen molar-refractivity contribution in [3.63, 3.8) is 0 Å². The first-order valence-electron chi connectivity index (χ1n) is 11.1. The summed E-state index contributed by atoms with van der Waals surface area (Å²) in [5.74, 6) is 1.66. The van der Waals surface area contributed by atoms with Gasteiger partial charge in [-0.25, -0.2) is 9.97 Å². The summed E-state index contributed by atoms with van der Waals surface area (Å²) in [4.78, 5) is 11.9. The summed E-state index contributed by atoms with van der Waals surface area (Å²) in [6, 6.07) is 11.1. The van der Waals surface area contributed by atoms with Crippen molar-refractivity contribution in [3.8, 4) is 17.2 Å². The van der Waals surface area contributed by atoms with Crippen LogP contribution < -0.4 is 4.90 Å². The van der Waals surface area contributed by atoms with Crippen LogP contribution in [-0.4, -0.2) is 55.5 Å². The third-order valence-electron chi connectivity index (χ3n) is 5.65. The van der Waals surface area contributed by atoms with Crippen LogP contribution in [0.15, 0.2) is 30.5 Å². The van der Waals surface area contributed by atoms with Gasteiger partial charge in [-0.2, -0.15) is 5.26 Å². The van der Waals surface area contributed by atoms with E-state index in [-0.39, 0.29) is 0 Å². The number of fused-ring (bicyclic) bond motifs is 1. The van der Waals surface area contributed by atoms with E-state index in [2.05, 4.69) is 41.4 Å². The molecule has 1 aromatic carbocycles. The molecule has 3 aromatic rings. The van der Waals surface area contributed by atoms with Crippen LogP contribution in [0.2, 0.25) is 25.7 Å². The lowest BCUT2D eigenvalue weighted by Crippen LogP contribution is -2.37. The van der Waals surface area contributed by atoms with Crippen LogP contribution in [0.1, 0.15) is 11.4 Å². The number of morpholine rings is 1. The third kappa shape index (κ3) is 5.01. The van der Waals surface area contributed by atoms with Gasteiger partial charge in [-0.15, -0.1) is 0 Å². The van der Waals surface area contributed by atoms with Crippen LogP contribution in [0.25, 0.3) is 22.2 Å². The van der Waals surface area contributed by atoms with E-state index < -0.39 is 8.07 Å². The molecule has 0 aliphatic carbocycles. The van der Waals surface area contributed by atoms with Gasteiger partial charge in [-0.05, 0) is 30.7 Å². The van der Waals surface area contributed by atoms with Crippen LogP contribution >= 0.6 is 0 Å². The van der Waals surface area contributed by atoms with Gasteiger partial charge in [0.1, 0.15) is 24.0 Å². The van der Waals surface area contributed by atoms with E-state index >= 15 is 0 Å². The molecule has 3 heterocycles. The maximum Gasteiger partial charge on any atom is 0.148 e. The summed E-state index contributed by atoms with van der Waals surface area (Å²) in [6.07, 6.45) is 2.09. The van der Waals surface area contributed by atoms with Gasteiger partial charge in [-0.1, -0.05) is 31.8 Å². The van der Waals surface area contributed by atoms with Crippen molar-refractivity contribution < 1.29 is 9.47 Å². The second kappa shape index (κ2) is 9.41. The number of aromatic nitrogens is 3. The fourth-order valence-electron chi connectivity index (χ4n) is 3.89. The number of hydrogen-bond donors (Lipinski definition) is 0. The molecule has 1 aliphatic rings. The Morgan fingerprint density at radius 2 is 1.97 bits per heavy atom. The summed E-state index contributed by atoms with van der Waals surface area (Å²) < 4.78 is 13.7. The minimum atomic E-state index is -1.16. The second-order valence-corrected chi connectivity index (χ2v) is 15.1. The summed E-state index contributed by atoms with van der Waals surface area (Å²) in [5.41, 5.74) is 3.50. The minimum absolute atomic E-state index is 0.442. The summed E-state index contributed by atoms with van der Waals surface area (Å²) in [5, 5.41) is 10.4. The molecule has 1 aliphatic heterocycles. The zero-order valence-electron chi connectivity index (χ0n) is 19.4. The van der Waals surface area contributed by atoms with E-state index in [0.29, 0.717) is 25.5 Å². The molecule has 1 saturated heterocycles. The Balaban J connectivity index is 1.80. The number of rotatable bonds is 7. The highest BCUT2D eigenvalue weighted by molar-refractivity contribution is 6.76. The van der Waals surface area contributed by atoms with E-state index in [9.17, 15) is 5.26 Å². The van der Waals surface area contributed by atoms with Gasteiger partial charge >= 0.3 is 0 Å². The molecule has 0 N–H and O–H groups in total. The van der Waals surface area contributed by atoms with Gasteiger partial charge in [0.2, 0.25) is 0 Å². The van der Waals surface area contributed by atoms with Crippen molar-refractivity contribution in [2.75, 3.05) is 37.8 Å². The highest BCUT2D eigenvalue weighted by Gasteiger charge is 2.23. The van der Waals surface area contributed by atoms with E-state index in [1.165, 1.54) is 0 Å². The van der Waals surface area contributed by atoms with E-state index in [1.54, 1.807) is 0 Å². The van der Waals surface area contributed by atoms with E-state index in [1.807, 2.05) is 31.2 Å². The third-order valence-corrected chi connectivity index (χ3v) is 7.35. The van der Waals surface area contributed by atoms with Crippen molar-refractivity contribution in [2.45, 2.75) is 39.3 Å². The Kier molecular flexibility index (Phi) is 6.60. The van der Waals surface area contributed by atoms with E-state index in [4.69, 9.17) is 19.4 Å². The zero-order valence-corrected chi connectivity index (χ0v) is 20.4. The Bertz CT molecular complexity index is 1140. The molecule has 8 heteroatoms. The Hall–Kier alpha value is -2.73. The maximum atomic E-state index is 9.41. The largest absolute Gasteiger partial charge is 0.378 e. The molecule has 1 fully saturated rings. The van der Waals surface area contributed by atoms with Crippen molar-refractivity contribution in [1.29, 1.82) is 5.26 Å². The van der Waals surface area contributed by atoms with Gasteiger partial charge in [0, 0.05) is 39.5 Å². The lowest BCUT2D eigenvalue weighted by molar-refractivity contribution is 0.0899. The molecule has 0 spiro atoms. The number of ether oxygens (including phenoxy) is 2. The van der Waals surface area contributed by atoms with Crippen molar-refractivity contribution in [3.05, 3.63) is 41.9 Å². The molecule has 0 atom stereocenters. The van der Waals surface area contributed by atoms with Crippen LogP contribution in [0.3, 0.4) is 0 Å². The lowest BCUT2D eigenvalue weighted by atomic mass is 10.0. The first-order valence-corrected chi connectivity index (χ1v) is 14.8. The molecule has 0 bridgehead atoms. The molecule has 7 nitrogen and oxygen atoms in total. The monoisotopic (exact) mass is 449 g/mol. The number of nitrogens with zero attached hydrogens (tertiary/aromatic N) is 5. The number of anilines is 1. The number of benzene rings is 1. The lowest BCUT2D eigenvalue weighted by Gasteiger charge is -2.28. The fraction of sp³-hybridized carbons (Fsp3) is 0.458. The molecule has 4 rings (SSSR count). The number of nitriles is 1. The SMILES string of the molecule is Cc1nc(N2CCOCC2)c2c(-c3cccc(C#N)c3)cn(COCC[Si](C)(C)C)c2n1. The van der Waals surface area contributed by atoms with Crippen LogP contribution in [0.4, 0.5) is 5.82 Å². The van der Waals surface area contributed by atoms with Crippen LogP contribution in [0.5, 0.6) is 0 Å². The molecule has 2 aromatic heterocycles. The molecule has 0 radical (unpaired) electrons. The van der Waals surface area contributed by atoms with E-state index in [0.717, 1.165) is 59.5 Å². The number of hydrogen-bond acceptors (Lipinski definition) is 6. The highest BCUT2D eigenvalue weighted by atomic mass is 28.3. The summed E-state index contributed by atoms with van der Waals surface area (Å²) >= 11 is 0. The Morgan fingerprint density at radius 3 is 2.69 bits per heavy atom. The summed E-state index contributed by atoms with van der Waals surface area (Å²) in [7, 11) is -1.16. The van der Waals surface area contributed by atoms with Gasteiger partial charge in [-0.3, -0.25) is 0 Å². The molecular formula is C24H31N5O2Si. The van der Waals surface area contributed by atoms with Gasteiger partial charge in [0.25, 0.3) is 0 Å². The molecule has 168 valence electrons. The maximum absolute atomic E-state index is 9.41. The average Bonchev–Trinajstić information content (AvgIpc) is 3.14. The topological polar surface area (TPSA) is 76.2 Å². The predicted molar refractivity (Wildman–Crippen MR) is 130 cm³/mol. The first-order chi connectivity index (χ1) is 15.4. The van der Waals surface area contributed by atoms with Crippen molar-refractivity contribution >= 4 is 24.9 Å². The average molecular weight is 450 g/mol. The van der Waals surface area contributed by atoms with Gasteiger partial charge in [0.05, 0.1) is 30.2 Å². The quantitative estimate of drug-likeness (QED) is 0.392. The first kappa shape index (κ1) is 22.5. The van der Waals surface area contributed by atoms with Crippen LogP contribution in [-0.2, 0) is 16.2 Å². The zero-order chi connectivity index (χ0) is 22.7. The smallest absolute Gasteiger partial charge is 0.148 e. The van der Waals surface area contributed by atoms with Gasteiger partial charge < -0.3 is 18.9 Å². The Morgan fingerprint density at radius 1 is 1.19 bits per heavy atom. The molecule has 0 saturated carbocycles. The second-order valence-electron chi connectivity index (χ2n) is 9.45. The van der Waals surface area contributed by atoms with Crippen molar-refractivity contribution in [1.82, 2.24) is 14.5 Å². The minimum Gasteiger partial charge on any atom is -0.378 e. The molecule has 32 heavy (non-hydrogen) atoms. The predicted octanol–water partition coefficient (Wildman–Crippen LogP) is 4.43. The number of aryl methyl sites for hydroxylation is 1. The highest BCUT2D eigenvalue weighted by Crippen LogP contribution is 2.36. The molecule has 0 amide bonds. The van der Waals surface area contributed by atoms with Crippen LogP contribution in [0, 0.1) is 18.3 Å².